The molecule has 26 heavy (non-hydrogen) atoms. The topological polar surface area (TPSA) is 40.2 Å². The molecule has 1 aromatic carbocycles. The minimum atomic E-state index is -0.595. The Labute approximate surface area is 162 Å². The van der Waals surface area contributed by atoms with Crippen LogP contribution in [0.1, 0.15) is 30.4 Å². The van der Waals surface area contributed by atoms with Crippen LogP contribution in [-0.4, -0.2) is 56.7 Å². The van der Waals surface area contributed by atoms with E-state index in [-0.39, 0.29) is 11.5 Å². The molecular formula is C20H24BrNO4. The summed E-state index contributed by atoms with van der Waals surface area (Å²) in [6.07, 6.45) is 4.12. The van der Waals surface area contributed by atoms with E-state index in [1.165, 1.54) is 11.1 Å². The zero-order valence-corrected chi connectivity index (χ0v) is 16.8. The molecule has 5 aliphatic rings. The summed E-state index contributed by atoms with van der Waals surface area (Å²) in [5, 5.41) is 0. The van der Waals surface area contributed by atoms with Gasteiger partial charge in [0.25, 0.3) is 0 Å². The second-order valence-electron chi connectivity index (χ2n) is 8.44. The van der Waals surface area contributed by atoms with E-state index in [4.69, 9.17) is 18.9 Å². The Morgan fingerprint density at radius 1 is 1.27 bits per heavy atom. The Balaban J connectivity index is 1.64. The summed E-state index contributed by atoms with van der Waals surface area (Å²) >= 11 is 3.83. The van der Waals surface area contributed by atoms with Gasteiger partial charge in [-0.25, -0.2) is 0 Å². The van der Waals surface area contributed by atoms with Crippen LogP contribution in [0, 0.1) is 5.92 Å². The van der Waals surface area contributed by atoms with Crippen LogP contribution in [0.2, 0.25) is 0 Å². The molecule has 3 fully saturated rings. The number of nitrogens with zero attached hydrogens (tertiary/aromatic N) is 1. The molecule has 3 heterocycles. The SMILES string of the molecule is COc1cc(Br)c2c3c1O[C@H]1C4(CC[C@@H]5[C@@H](C2)N(C)CC[C@@]351)OCCO4. The van der Waals surface area contributed by atoms with Crippen LogP contribution in [0.25, 0.3) is 0 Å². The maximum atomic E-state index is 6.71. The summed E-state index contributed by atoms with van der Waals surface area (Å²) in [6.45, 7) is 2.41. The number of likely N-dealkylation sites (tertiary alicyclic amines) is 1. The molecule has 0 unspecified atom stereocenters. The van der Waals surface area contributed by atoms with Gasteiger partial charge in [0, 0.05) is 27.9 Å². The van der Waals surface area contributed by atoms with Crippen molar-refractivity contribution in [2.24, 2.45) is 5.92 Å². The average molecular weight is 422 g/mol. The summed E-state index contributed by atoms with van der Waals surface area (Å²) in [5.74, 6) is 1.74. The zero-order valence-electron chi connectivity index (χ0n) is 15.2. The van der Waals surface area contributed by atoms with E-state index in [0.29, 0.717) is 25.2 Å². The van der Waals surface area contributed by atoms with Gasteiger partial charge in [0.15, 0.2) is 17.6 Å². The number of fused-ring (bicyclic) bond motifs is 1. The standard InChI is InChI=1S/C20H24BrNO4/c1-22-6-5-19-12-3-4-20(24-7-8-25-20)18(19)26-17-15(23-2)10-13(21)11(16(17)19)9-14(12)22/h10,12,14,18H,3-9H2,1-2H3/t12-,14-,18-,19+/m1/s1. The molecule has 0 radical (unpaired) electrons. The third kappa shape index (κ3) is 1.69. The average Bonchev–Trinajstić information content (AvgIpc) is 3.24. The summed E-state index contributed by atoms with van der Waals surface area (Å²) in [5.41, 5.74) is 2.74. The molecule has 2 aliphatic carbocycles. The molecule has 1 aromatic rings. The molecule has 4 atom stereocenters. The van der Waals surface area contributed by atoms with Crippen molar-refractivity contribution in [3.8, 4) is 11.5 Å². The van der Waals surface area contributed by atoms with Gasteiger partial charge in [-0.1, -0.05) is 15.9 Å². The highest BCUT2D eigenvalue weighted by Gasteiger charge is 2.71. The molecule has 6 rings (SSSR count). The Kier molecular flexibility index (Phi) is 3.21. The number of benzene rings is 1. The molecular weight excluding hydrogens is 398 g/mol. The molecule has 0 aromatic heterocycles. The number of methoxy groups -OCH3 is 1. The van der Waals surface area contributed by atoms with Crippen LogP contribution in [0.5, 0.6) is 11.5 Å². The summed E-state index contributed by atoms with van der Waals surface area (Å²) in [7, 11) is 4.00. The first-order chi connectivity index (χ1) is 12.6. The van der Waals surface area contributed by atoms with Crippen molar-refractivity contribution in [1.82, 2.24) is 4.90 Å². The summed E-state index contributed by atoms with van der Waals surface area (Å²) in [4.78, 5) is 2.55. The first-order valence-electron chi connectivity index (χ1n) is 9.65. The molecule has 5 nitrogen and oxygen atoms in total. The van der Waals surface area contributed by atoms with E-state index in [9.17, 15) is 0 Å². The van der Waals surface area contributed by atoms with Crippen LogP contribution in [0.15, 0.2) is 10.5 Å². The van der Waals surface area contributed by atoms with Crippen molar-refractivity contribution >= 4 is 15.9 Å². The van der Waals surface area contributed by atoms with Crippen LogP contribution < -0.4 is 9.47 Å². The van der Waals surface area contributed by atoms with Gasteiger partial charge in [-0.2, -0.15) is 0 Å². The fourth-order valence-electron chi connectivity index (χ4n) is 6.65. The molecule has 2 spiro atoms. The van der Waals surface area contributed by atoms with E-state index in [2.05, 4.69) is 33.9 Å². The second-order valence-corrected chi connectivity index (χ2v) is 9.29. The largest absolute Gasteiger partial charge is 0.493 e. The van der Waals surface area contributed by atoms with E-state index in [1.54, 1.807) is 7.11 Å². The van der Waals surface area contributed by atoms with E-state index < -0.39 is 5.79 Å². The maximum Gasteiger partial charge on any atom is 0.206 e. The minimum Gasteiger partial charge on any atom is -0.493 e. The number of likely N-dealkylation sites (N-methyl/N-ethyl adjacent to an activating group) is 1. The van der Waals surface area contributed by atoms with Gasteiger partial charge in [-0.3, -0.25) is 0 Å². The molecule has 3 aliphatic heterocycles. The van der Waals surface area contributed by atoms with E-state index in [0.717, 1.165) is 48.2 Å². The zero-order chi connectivity index (χ0) is 17.7. The lowest BCUT2D eigenvalue weighted by atomic mass is 9.50. The third-order valence-corrected chi connectivity index (χ3v) is 8.36. The molecule has 1 saturated carbocycles. The second kappa shape index (κ2) is 5.16. The van der Waals surface area contributed by atoms with Gasteiger partial charge in [0.2, 0.25) is 5.79 Å². The van der Waals surface area contributed by atoms with Crippen LogP contribution in [-0.2, 0) is 21.3 Å². The number of ether oxygens (including phenoxy) is 4. The fourth-order valence-corrected chi connectivity index (χ4v) is 7.22. The number of hydrogen-bond acceptors (Lipinski definition) is 5. The number of rotatable bonds is 1. The van der Waals surface area contributed by atoms with Crippen molar-refractivity contribution in [2.75, 3.05) is 33.9 Å². The third-order valence-electron chi connectivity index (χ3n) is 7.65. The van der Waals surface area contributed by atoms with Crippen LogP contribution in [0.3, 0.4) is 0 Å². The lowest BCUT2D eigenvalue weighted by Gasteiger charge is -2.60. The smallest absolute Gasteiger partial charge is 0.206 e. The van der Waals surface area contributed by atoms with Gasteiger partial charge in [0.1, 0.15) is 0 Å². The highest BCUT2D eigenvalue weighted by molar-refractivity contribution is 9.10. The quantitative estimate of drug-likeness (QED) is 0.696. The Morgan fingerprint density at radius 3 is 2.85 bits per heavy atom. The maximum absolute atomic E-state index is 6.71. The van der Waals surface area contributed by atoms with Gasteiger partial charge in [-0.05, 0) is 50.4 Å². The lowest BCUT2D eigenvalue weighted by molar-refractivity contribution is -0.260. The molecule has 2 saturated heterocycles. The van der Waals surface area contributed by atoms with Gasteiger partial charge < -0.3 is 23.8 Å². The first kappa shape index (κ1) is 16.2. The first-order valence-corrected chi connectivity index (χ1v) is 10.4. The number of piperidine rings is 1. The number of hydrogen-bond donors (Lipinski definition) is 0. The van der Waals surface area contributed by atoms with Crippen molar-refractivity contribution in [1.29, 1.82) is 0 Å². The van der Waals surface area contributed by atoms with E-state index in [1.807, 2.05) is 0 Å². The highest BCUT2D eigenvalue weighted by atomic mass is 79.9. The predicted octanol–water partition coefficient (Wildman–Crippen LogP) is 2.87. The van der Waals surface area contributed by atoms with Gasteiger partial charge >= 0.3 is 0 Å². The summed E-state index contributed by atoms with van der Waals surface area (Å²) in [6, 6.07) is 2.62. The Morgan fingerprint density at radius 2 is 2.08 bits per heavy atom. The minimum absolute atomic E-state index is 0.0280. The number of halogens is 1. The Bertz CT molecular complexity index is 793. The fraction of sp³-hybridized carbons (Fsp3) is 0.700. The van der Waals surface area contributed by atoms with Crippen LogP contribution >= 0.6 is 15.9 Å². The van der Waals surface area contributed by atoms with Gasteiger partial charge in [0.05, 0.1) is 20.3 Å². The lowest BCUT2D eigenvalue weighted by Crippen LogP contribution is -2.70. The highest BCUT2D eigenvalue weighted by Crippen LogP contribution is 2.67. The molecule has 0 amide bonds. The van der Waals surface area contributed by atoms with Gasteiger partial charge in [-0.15, -0.1) is 0 Å². The summed E-state index contributed by atoms with van der Waals surface area (Å²) < 4.78 is 26.1. The van der Waals surface area contributed by atoms with Crippen molar-refractivity contribution in [3.05, 3.63) is 21.7 Å². The van der Waals surface area contributed by atoms with Crippen molar-refractivity contribution in [3.63, 3.8) is 0 Å². The molecule has 6 heteroatoms. The normalized spacial score (nSPS) is 39.0. The van der Waals surface area contributed by atoms with E-state index >= 15 is 0 Å². The molecule has 0 N–H and O–H groups in total. The van der Waals surface area contributed by atoms with Crippen LogP contribution in [0.4, 0.5) is 0 Å². The van der Waals surface area contributed by atoms with Crippen molar-refractivity contribution in [2.45, 2.75) is 49.0 Å². The Hall–Kier alpha value is -0.820. The molecule has 2 bridgehead atoms. The predicted molar refractivity (Wildman–Crippen MR) is 98.9 cm³/mol. The van der Waals surface area contributed by atoms with Crippen molar-refractivity contribution < 1.29 is 18.9 Å². The molecule has 140 valence electrons. The monoisotopic (exact) mass is 421 g/mol.